The summed E-state index contributed by atoms with van der Waals surface area (Å²) in [6, 6.07) is 12.2. The Morgan fingerprint density at radius 2 is 2.03 bits per heavy atom. The van der Waals surface area contributed by atoms with Gasteiger partial charge in [0.2, 0.25) is 11.8 Å². The second-order valence-electron chi connectivity index (χ2n) is 6.97. The van der Waals surface area contributed by atoms with E-state index in [2.05, 4.69) is 10.6 Å². The maximum atomic E-state index is 13.0. The molecule has 2 aromatic carbocycles. The lowest BCUT2D eigenvalue weighted by Gasteiger charge is -2.15. The molecule has 0 saturated heterocycles. The van der Waals surface area contributed by atoms with E-state index in [1.165, 1.54) is 30.8 Å². The van der Waals surface area contributed by atoms with Crippen molar-refractivity contribution in [1.82, 2.24) is 0 Å². The molecule has 1 atom stereocenters. The third-order valence-electron chi connectivity index (χ3n) is 4.76. The molecule has 0 spiro atoms. The van der Waals surface area contributed by atoms with Crippen LogP contribution in [0.15, 0.2) is 52.3 Å². The highest BCUT2D eigenvalue weighted by molar-refractivity contribution is 7.99. The van der Waals surface area contributed by atoms with Crippen molar-refractivity contribution in [2.75, 3.05) is 16.4 Å². The lowest BCUT2D eigenvalue weighted by molar-refractivity contribution is -0.116. The standard InChI is InChI=1S/C21H24N2O4S2/c1-3-15-5-4-6-16(12-15)22-21(25)11-14(2)29(26,27)17-7-8-19-18(13-17)23-20(24)9-10-28-19/h4-8,12-14H,3,9-11H2,1-2H3,(H,22,25)(H,23,24). The molecule has 0 saturated carbocycles. The van der Waals surface area contributed by atoms with Crippen LogP contribution >= 0.6 is 11.8 Å². The molecule has 0 fully saturated rings. The van der Waals surface area contributed by atoms with Gasteiger partial charge in [-0.3, -0.25) is 9.59 Å². The van der Waals surface area contributed by atoms with Crippen LogP contribution in [0.25, 0.3) is 0 Å². The van der Waals surface area contributed by atoms with E-state index in [9.17, 15) is 18.0 Å². The molecule has 0 bridgehead atoms. The van der Waals surface area contributed by atoms with Gasteiger partial charge in [0.25, 0.3) is 0 Å². The second kappa shape index (κ2) is 9.00. The molecule has 2 aromatic rings. The second-order valence-corrected chi connectivity index (χ2v) is 10.5. The van der Waals surface area contributed by atoms with E-state index in [4.69, 9.17) is 0 Å². The Balaban J connectivity index is 1.73. The van der Waals surface area contributed by atoms with Crippen molar-refractivity contribution < 1.29 is 18.0 Å². The molecular formula is C21H24N2O4S2. The van der Waals surface area contributed by atoms with E-state index < -0.39 is 15.1 Å². The number of benzene rings is 2. The van der Waals surface area contributed by atoms with Crippen LogP contribution in [-0.2, 0) is 25.8 Å². The molecule has 2 amide bonds. The van der Waals surface area contributed by atoms with Crippen molar-refractivity contribution in [3.63, 3.8) is 0 Å². The quantitative estimate of drug-likeness (QED) is 0.723. The zero-order valence-electron chi connectivity index (χ0n) is 16.4. The number of carbonyl (C=O) groups is 2. The maximum Gasteiger partial charge on any atom is 0.225 e. The SMILES string of the molecule is CCc1cccc(NC(=O)CC(C)S(=O)(=O)c2ccc3c(c2)NC(=O)CCS3)c1. The first-order valence-corrected chi connectivity index (χ1v) is 12.0. The van der Waals surface area contributed by atoms with Gasteiger partial charge in [-0.1, -0.05) is 19.1 Å². The molecule has 0 aliphatic carbocycles. The third-order valence-corrected chi connectivity index (χ3v) is 7.97. The molecule has 6 nitrogen and oxygen atoms in total. The number of aryl methyl sites for hydroxylation is 1. The lowest BCUT2D eigenvalue weighted by atomic mass is 10.1. The summed E-state index contributed by atoms with van der Waals surface area (Å²) in [7, 11) is -3.72. The number of rotatable bonds is 6. The molecule has 2 N–H and O–H groups in total. The number of fused-ring (bicyclic) bond motifs is 1. The topological polar surface area (TPSA) is 92.3 Å². The fourth-order valence-corrected chi connectivity index (χ4v) is 5.37. The predicted octanol–water partition coefficient (Wildman–Crippen LogP) is 3.87. The summed E-state index contributed by atoms with van der Waals surface area (Å²) >= 11 is 1.51. The largest absolute Gasteiger partial charge is 0.326 e. The van der Waals surface area contributed by atoms with Crippen molar-refractivity contribution in [3.8, 4) is 0 Å². The van der Waals surface area contributed by atoms with Gasteiger partial charge in [-0.05, 0) is 49.2 Å². The first-order valence-electron chi connectivity index (χ1n) is 9.49. The monoisotopic (exact) mass is 432 g/mol. The molecule has 8 heteroatoms. The van der Waals surface area contributed by atoms with E-state index in [1.54, 1.807) is 12.1 Å². The van der Waals surface area contributed by atoms with E-state index in [0.29, 0.717) is 23.5 Å². The number of amides is 2. The summed E-state index contributed by atoms with van der Waals surface area (Å²) in [5.41, 5.74) is 2.25. The van der Waals surface area contributed by atoms with Crippen molar-refractivity contribution in [2.45, 2.75) is 48.2 Å². The van der Waals surface area contributed by atoms with Gasteiger partial charge in [0.1, 0.15) is 0 Å². The average Bonchev–Trinajstić information content (AvgIpc) is 2.87. The van der Waals surface area contributed by atoms with Crippen LogP contribution in [0, 0.1) is 0 Å². The fourth-order valence-electron chi connectivity index (χ4n) is 3.06. The molecule has 1 aliphatic heterocycles. The van der Waals surface area contributed by atoms with Gasteiger partial charge in [0.05, 0.1) is 15.8 Å². The molecule has 0 radical (unpaired) electrons. The molecule has 0 aromatic heterocycles. The summed E-state index contributed by atoms with van der Waals surface area (Å²) in [6.45, 7) is 3.55. The minimum Gasteiger partial charge on any atom is -0.326 e. The molecule has 1 heterocycles. The van der Waals surface area contributed by atoms with Crippen LogP contribution in [-0.4, -0.2) is 31.2 Å². The van der Waals surface area contributed by atoms with Gasteiger partial charge in [0.15, 0.2) is 9.84 Å². The minimum absolute atomic E-state index is 0.104. The van der Waals surface area contributed by atoms with Crippen molar-refractivity contribution in [3.05, 3.63) is 48.0 Å². The summed E-state index contributed by atoms with van der Waals surface area (Å²) < 4.78 is 25.9. The number of nitrogens with one attached hydrogen (secondary N) is 2. The van der Waals surface area contributed by atoms with Crippen molar-refractivity contribution in [1.29, 1.82) is 0 Å². The number of hydrogen-bond acceptors (Lipinski definition) is 5. The summed E-state index contributed by atoms with van der Waals surface area (Å²) in [4.78, 5) is 25.1. The molecule has 154 valence electrons. The summed E-state index contributed by atoms with van der Waals surface area (Å²) in [6.07, 6.45) is 1.08. The van der Waals surface area contributed by atoms with Crippen LogP contribution in [0.1, 0.15) is 32.3 Å². The third kappa shape index (κ3) is 5.19. The molecule has 1 aliphatic rings. The normalized spacial score (nSPS) is 15.0. The summed E-state index contributed by atoms with van der Waals surface area (Å²) in [5, 5.41) is 4.63. The number of anilines is 2. The van der Waals surface area contributed by atoms with Crippen LogP contribution < -0.4 is 10.6 Å². The van der Waals surface area contributed by atoms with Crippen LogP contribution in [0.4, 0.5) is 11.4 Å². The fraction of sp³-hybridized carbons (Fsp3) is 0.333. The highest BCUT2D eigenvalue weighted by Crippen LogP contribution is 2.33. The molecule has 1 unspecified atom stereocenters. The first kappa shape index (κ1) is 21.4. The minimum atomic E-state index is -3.72. The number of sulfone groups is 1. The van der Waals surface area contributed by atoms with Gasteiger partial charge < -0.3 is 10.6 Å². The van der Waals surface area contributed by atoms with Crippen LogP contribution in [0.2, 0.25) is 0 Å². The first-order chi connectivity index (χ1) is 13.8. The Morgan fingerprint density at radius 3 is 2.79 bits per heavy atom. The zero-order chi connectivity index (χ0) is 21.0. The molecule has 3 rings (SSSR count). The number of carbonyl (C=O) groups excluding carboxylic acids is 2. The van der Waals surface area contributed by atoms with E-state index in [1.807, 2.05) is 25.1 Å². The van der Waals surface area contributed by atoms with E-state index in [-0.39, 0.29) is 23.1 Å². The predicted molar refractivity (Wildman–Crippen MR) is 116 cm³/mol. The van der Waals surface area contributed by atoms with Gasteiger partial charge in [-0.15, -0.1) is 11.8 Å². The Kier molecular flexibility index (Phi) is 6.64. The maximum absolute atomic E-state index is 13.0. The smallest absolute Gasteiger partial charge is 0.225 e. The molecular weight excluding hydrogens is 408 g/mol. The van der Waals surface area contributed by atoms with Gasteiger partial charge in [0, 0.05) is 29.2 Å². The Bertz CT molecular complexity index is 1030. The van der Waals surface area contributed by atoms with Crippen molar-refractivity contribution in [2.24, 2.45) is 0 Å². The Labute approximate surface area is 175 Å². The van der Waals surface area contributed by atoms with Crippen LogP contribution in [0.5, 0.6) is 0 Å². The molecule has 29 heavy (non-hydrogen) atoms. The highest BCUT2D eigenvalue weighted by Gasteiger charge is 2.27. The average molecular weight is 433 g/mol. The summed E-state index contributed by atoms with van der Waals surface area (Å²) in [5.74, 6) is 0.168. The van der Waals surface area contributed by atoms with Crippen LogP contribution in [0.3, 0.4) is 0 Å². The van der Waals surface area contributed by atoms with Gasteiger partial charge >= 0.3 is 0 Å². The van der Waals surface area contributed by atoms with E-state index in [0.717, 1.165) is 16.9 Å². The lowest BCUT2D eigenvalue weighted by Crippen LogP contribution is -2.25. The Morgan fingerprint density at radius 1 is 1.24 bits per heavy atom. The highest BCUT2D eigenvalue weighted by atomic mass is 32.2. The Hall–Kier alpha value is -2.32. The number of hydrogen-bond donors (Lipinski definition) is 2. The van der Waals surface area contributed by atoms with E-state index >= 15 is 0 Å². The zero-order valence-corrected chi connectivity index (χ0v) is 18.0. The van der Waals surface area contributed by atoms with Gasteiger partial charge in [-0.25, -0.2) is 8.42 Å². The van der Waals surface area contributed by atoms with Gasteiger partial charge in [-0.2, -0.15) is 0 Å². The number of thioether (sulfide) groups is 1. The van der Waals surface area contributed by atoms with Crippen molar-refractivity contribution >= 4 is 44.8 Å².